The van der Waals surface area contributed by atoms with Crippen LogP contribution < -0.4 is 0 Å². The van der Waals surface area contributed by atoms with Crippen molar-refractivity contribution in [2.24, 2.45) is 0 Å². The van der Waals surface area contributed by atoms with Crippen molar-refractivity contribution in [2.45, 2.75) is 37.0 Å². The van der Waals surface area contributed by atoms with Gasteiger partial charge in [0.25, 0.3) is 0 Å². The summed E-state index contributed by atoms with van der Waals surface area (Å²) in [6.07, 6.45) is -5.08. The lowest BCUT2D eigenvalue weighted by atomic mass is 10.0. The summed E-state index contributed by atoms with van der Waals surface area (Å²) in [5.74, 6) is 0. The number of rotatable bonds is 3. The lowest BCUT2D eigenvalue weighted by molar-refractivity contribution is -0.289. The van der Waals surface area contributed by atoms with Crippen LogP contribution in [0.4, 0.5) is 0 Å². The van der Waals surface area contributed by atoms with Crippen LogP contribution in [0.1, 0.15) is 23.7 Å². The lowest BCUT2D eigenvalue weighted by Crippen LogP contribution is -2.51. The molecule has 2 saturated heterocycles. The van der Waals surface area contributed by atoms with E-state index in [0.717, 1.165) is 0 Å². The second-order valence-electron chi connectivity index (χ2n) is 6.66. The van der Waals surface area contributed by atoms with Gasteiger partial charge in [0.05, 0.1) is 13.2 Å². The molecule has 150 valence electrons. The highest BCUT2D eigenvalue weighted by molar-refractivity contribution is 6.31. The van der Waals surface area contributed by atoms with E-state index in [-0.39, 0.29) is 6.61 Å². The van der Waals surface area contributed by atoms with E-state index >= 15 is 0 Å². The van der Waals surface area contributed by atoms with Gasteiger partial charge >= 0.3 is 0 Å². The van der Waals surface area contributed by atoms with Crippen molar-refractivity contribution < 1.29 is 29.2 Å². The molecule has 0 bridgehead atoms. The molecular formula is C20H20Cl2O6. The molecule has 0 aromatic heterocycles. The fourth-order valence-electron chi connectivity index (χ4n) is 3.40. The highest BCUT2D eigenvalue weighted by atomic mass is 35.5. The summed E-state index contributed by atoms with van der Waals surface area (Å²) in [4.78, 5) is 0. The number of fused-ring (bicyclic) bond motifs is 1. The first-order valence-electron chi connectivity index (χ1n) is 8.94. The Morgan fingerprint density at radius 1 is 0.857 bits per heavy atom. The van der Waals surface area contributed by atoms with E-state index in [0.29, 0.717) is 21.2 Å². The van der Waals surface area contributed by atoms with E-state index in [1.165, 1.54) is 0 Å². The maximum absolute atomic E-state index is 10.8. The Morgan fingerprint density at radius 2 is 1.46 bits per heavy atom. The molecule has 0 amide bonds. The number of hydrogen-bond acceptors (Lipinski definition) is 6. The van der Waals surface area contributed by atoms with Crippen LogP contribution in [-0.4, -0.2) is 47.8 Å². The molecule has 2 heterocycles. The molecule has 0 spiro atoms. The smallest absolute Gasteiger partial charge is 0.186 e. The molecule has 2 aliphatic heterocycles. The molecule has 2 aromatic carbocycles. The molecule has 28 heavy (non-hydrogen) atoms. The first kappa shape index (κ1) is 20.1. The zero-order chi connectivity index (χ0) is 19.7. The fourth-order valence-corrected chi connectivity index (χ4v) is 3.85. The van der Waals surface area contributed by atoms with E-state index in [1.807, 2.05) is 18.2 Å². The van der Waals surface area contributed by atoms with Gasteiger partial charge in [-0.3, -0.25) is 0 Å². The summed E-state index contributed by atoms with van der Waals surface area (Å²) in [5, 5.41) is 21.5. The minimum Gasteiger partial charge on any atom is -0.394 e. The fraction of sp³-hybridized carbons (Fsp3) is 0.400. The summed E-state index contributed by atoms with van der Waals surface area (Å²) in [6, 6.07) is 14.3. The highest BCUT2D eigenvalue weighted by Gasteiger charge is 2.46. The first-order chi connectivity index (χ1) is 13.6. The molecular weight excluding hydrogens is 407 g/mol. The first-order valence-corrected chi connectivity index (χ1v) is 9.70. The summed E-state index contributed by atoms with van der Waals surface area (Å²) in [6.45, 7) is -0.254. The standard InChI is InChI=1S/C20H20Cl2O6/c21-13-7-3-1-5-11(13)19-25-10-16-18(28-19)17(24)15(9-23)26-20(27-16)12-6-2-4-8-14(12)22/h1-8,15-20,23-24H,9-10H2/t15-,16+,17+,18+,19?,20?/m0/s1. The number of aliphatic hydroxyl groups excluding tert-OH is 2. The van der Waals surface area contributed by atoms with Gasteiger partial charge in [0.2, 0.25) is 0 Å². The van der Waals surface area contributed by atoms with Crippen LogP contribution in [0.2, 0.25) is 10.0 Å². The Morgan fingerprint density at radius 3 is 2.07 bits per heavy atom. The van der Waals surface area contributed by atoms with E-state index in [2.05, 4.69) is 0 Å². The van der Waals surface area contributed by atoms with Crippen molar-refractivity contribution in [1.29, 1.82) is 0 Å². The van der Waals surface area contributed by atoms with Gasteiger partial charge in [0, 0.05) is 21.2 Å². The molecule has 2 unspecified atom stereocenters. The summed E-state index contributed by atoms with van der Waals surface area (Å²) in [5.41, 5.74) is 1.26. The van der Waals surface area contributed by atoms with Gasteiger partial charge in [0.15, 0.2) is 12.6 Å². The van der Waals surface area contributed by atoms with Crippen LogP contribution >= 0.6 is 23.2 Å². The Labute approximate surface area is 172 Å². The van der Waals surface area contributed by atoms with Gasteiger partial charge in [-0.25, -0.2) is 0 Å². The molecule has 2 N–H and O–H groups in total. The molecule has 0 radical (unpaired) electrons. The van der Waals surface area contributed by atoms with E-state index < -0.39 is 43.6 Å². The monoisotopic (exact) mass is 426 g/mol. The predicted octanol–water partition coefficient (Wildman–Crippen LogP) is 3.24. The van der Waals surface area contributed by atoms with E-state index in [1.54, 1.807) is 30.3 Å². The van der Waals surface area contributed by atoms with Crippen LogP contribution in [0.15, 0.2) is 48.5 Å². The number of ether oxygens (including phenoxy) is 4. The number of halogens is 2. The second kappa shape index (κ2) is 8.65. The topological polar surface area (TPSA) is 77.4 Å². The predicted molar refractivity (Wildman–Crippen MR) is 102 cm³/mol. The van der Waals surface area contributed by atoms with Gasteiger partial charge < -0.3 is 29.2 Å². The van der Waals surface area contributed by atoms with Crippen molar-refractivity contribution in [2.75, 3.05) is 13.2 Å². The van der Waals surface area contributed by atoms with Crippen molar-refractivity contribution >= 4 is 23.2 Å². The normalized spacial score (nSPS) is 33.1. The molecule has 2 aliphatic rings. The maximum Gasteiger partial charge on any atom is 0.186 e. The van der Waals surface area contributed by atoms with Crippen molar-refractivity contribution in [3.05, 3.63) is 69.7 Å². The van der Waals surface area contributed by atoms with Crippen LogP contribution in [0.3, 0.4) is 0 Å². The summed E-state index contributed by atoms with van der Waals surface area (Å²) >= 11 is 12.5. The molecule has 8 heteroatoms. The molecule has 2 fully saturated rings. The van der Waals surface area contributed by atoms with Crippen LogP contribution in [0.25, 0.3) is 0 Å². The van der Waals surface area contributed by atoms with Gasteiger partial charge in [-0.15, -0.1) is 0 Å². The zero-order valence-corrected chi connectivity index (χ0v) is 16.3. The quantitative estimate of drug-likeness (QED) is 0.784. The minimum absolute atomic E-state index is 0.153. The second-order valence-corrected chi connectivity index (χ2v) is 7.48. The van der Waals surface area contributed by atoms with Crippen molar-refractivity contribution in [3.8, 4) is 0 Å². The molecule has 2 aromatic rings. The van der Waals surface area contributed by atoms with E-state index in [4.69, 9.17) is 42.1 Å². The average molecular weight is 427 g/mol. The third kappa shape index (κ3) is 3.92. The Bertz CT molecular complexity index is 819. The molecule has 0 saturated carbocycles. The third-order valence-corrected chi connectivity index (χ3v) is 5.56. The summed E-state index contributed by atoms with van der Waals surface area (Å²) in [7, 11) is 0. The average Bonchev–Trinajstić information content (AvgIpc) is 2.85. The number of benzene rings is 2. The van der Waals surface area contributed by atoms with Gasteiger partial charge in [-0.2, -0.15) is 0 Å². The molecule has 6 atom stereocenters. The third-order valence-electron chi connectivity index (χ3n) is 4.87. The maximum atomic E-state index is 10.8. The largest absolute Gasteiger partial charge is 0.394 e. The molecule has 0 aliphatic carbocycles. The molecule has 4 rings (SSSR count). The van der Waals surface area contributed by atoms with Crippen molar-refractivity contribution in [1.82, 2.24) is 0 Å². The lowest BCUT2D eigenvalue weighted by Gasteiger charge is -2.38. The number of hydrogen-bond donors (Lipinski definition) is 2. The van der Waals surface area contributed by atoms with E-state index in [9.17, 15) is 10.2 Å². The van der Waals surface area contributed by atoms with Crippen LogP contribution in [-0.2, 0) is 18.9 Å². The Balaban J connectivity index is 1.60. The van der Waals surface area contributed by atoms with Crippen LogP contribution in [0.5, 0.6) is 0 Å². The van der Waals surface area contributed by atoms with Crippen LogP contribution in [0, 0.1) is 0 Å². The Hall–Kier alpha value is -1.22. The molecule has 6 nitrogen and oxygen atoms in total. The van der Waals surface area contributed by atoms with Gasteiger partial charge in [0.1, 0.15) is 24.4 Å². The SMILES string of the molecule is OC[C@@H]1OC(c2ccccc2Cl)O[C@@H]2COC(c3ccccc3Cl)O[C@H]2[C@@H]1O. The highest BCUT2D eigenvalue weighted by Crippen LogP contribution is 2.39. The Kier molecular flexibility index (Phi) is 6.20. The van der Waals surface area contributed by atoms with Gasteiger partial charge in [-0.05, 0) is 12.1 Å². The van der Waals surface area contributed by atoms with Gasteiger partial charge in [-0.1, -0.05) is 59.6 Å². The summed E-state index contributed by atoms with van der Waals surface area (Å²) < 4.78 is 23.7. The van der Waals surface area contributed by atoms with Crippen molar-refractivity contribution in [3.63, 3.8) is 0 Å². The zero-order valence-electron chi connectivity index (χ0n) is 14.8. The number of aliphatic hydroxyl groups is 2. The minimum atomic E-state index is -1.13.